The van der Waals surface area contributed by atoms with Crippen molar-refractivity contribution in [1.82, 2.24) is 15.2 Å². The summed E-state index contributed by atoms with van der Waals surface area (Å²) in [5.41, 5.74) is 4.58. The molecule has 2 heterocycles. The number of aromatic nitrogens is 1. The molecule has 1 aromatic heterocycles. The van der Waals surface area contributed by atoms with Crippen molar-refractivity contribution in [2.75, 3.05) is 18.2 Å². The van der Waals surface area contributed by atoms with Gasteiger partial charge in [0.25, 0.3) is 0 Å². The molecule has 0 spiro atoms. The molecule has 5 nitrogen and oxygen atoms in total. The van der Waals surface area contributed by atoms with Crippen molar-refractivity contribution in [3.8, 4) is 0 Å². The summed E-state index contributed by atoms with van der Waals surface area (Å²) >= 11 is 1.54. The minimum absolute atomic E-state index is 0.0417. The first-order valence-corrected chi connectivity index (χ1v) is 8.40. The van der Waals surface area contributed by atoms with Gasteiger partial charge in [0.2, 0.25) is 11.8 Å². The number of aryl methyl sites for hydroxylation is 2. The van der Waals surface area contributed by atoms with Gasteiger partial charge in [-0.15, -0.1) is 11.8 Å². The topological polar surface area (TPSA) is 65.2 Å². The standard InChI is InChI=1S/C16H19N3O2S/c1-10-11(2)18-14-4-3-12(5-13(10)14)6-17-15(20)7-19-9-22-8-16(19)21/h3-5,18H,6-9H2,1-2H3,(H,17,20). The normalized spacial score (nSPS) is 14.8. The molecule has 2 aromatic rings. The van der Waals surface area contributed by atoms with Gasteiger partial charge in [0, 0.05) is 23.1 Å². The zero-order valence-corrected chi connectivity index (χ0v) is 13.5. The number of carbonyl (C=O) groups is 2. The van der Waals surface area contributed by atoms with E-state index in [1.54, 1.807) is 16.7 Å². The van der Waals surface area contributed by atoms with E-state index in [9.17, 15) is 9.59 Å². The van der Waals surface area contributed by atoms with E-state index in [0.29, 0.717) is 18.2 Å². The predicted octanol–water partition coefficient (Wildman–Crippen LogP) is 1.93. The van der Waals surface area contributed by atoms with Crippen molar-refractivity contribution in [3.05, 3.63) is 35.0 Å². The van der Waals surface area contributed by atoms with Crippen molar-refractivity contribution in [2.45, 2.75) is 20.4 Å². The second-order valence-corrected chi connectivity index (χ2v) is 6.56. The van der Waals surface area contributed by atoms with Crippen LogP contribution < -0.4 is 5.32 Å². The van der Waals surface area contributed by atoms with Crippen LogP contribution in [0.2, 0.25) is 0 Å². The monoisotopic (exact) mass is 317 g/mol. The van der Waals surface area contributed by atoms with Gasteiger partial charge < -0.3 is 15.2 Å². The summed E-state index contributed by atoms with van der Waals surface area (Å²) in [6, 6.07) is 6.15. The Bertz CT molecular complexity index is 738. The lowest BCUT2D eigenvalue weighted by atomic mass is 10.1. The van der Waals surface area contributed by atoms with Crippen molar-refractivity contribution < 1.29 is 9.59 Å². The molecule has 0 saturated carbocycles. The number of H-pyrrole nitrogens is 1. The molecule has 0 aliphatic carbocycles. The minimum atomic E-state index is -0.113. The zero-order valence-electron chi connectivity index (χ0n) is 12.7. The third kappa shape index (κ3) is 2.97. The second-order valence-electron chi connectivity index (χ2n) is 5.60. The minimum Gasteiger partial charge on any atom is -0.358 e. The summed E-state index contributed by atoms with van der Waals surface area (Å²) in [7, 11) is 0. The number of thioether (sulfide) groups is 1. The molecule has 2 amide bonds. The van der Waals surface area contributed by atoms with Crippen LogP contribution in [0.1, 0.15) is 16.8 Å². The van der Waals surface area contributed by atoms with Crippen LogP contribution in [0.15, 0.2) is 18.2 Å². The van der Waals surface area contributed by atoms with Crippen molar-refractivity contribution in [1.29, 1.82) is 0 Å². The highest BCUT2D eigenvalue weighted by Gasteiger charge is 2.22. The Kier molecular flexibility index (Phi) is 4.11. The Morgan fingerprint density at radius 2 is 2.23 bits per heavy atom. The highest BCUT2D eigenvalue weighted by molar-refractivity contribution is 8.00. The molecule has 1 aromatic carbocycles. The zero-order chi connectivity index (χ0) is 15.7. The highest BCUT2D eigenvalue weighted by Crippen LogP contribution is 2.22. The SMILES string of the molecule is Cc1[nH]c2ccc(CNC(=O)CN3CSCC3=O)cc2c1C. The maximum absolute atomic E-state index is 11.9. The number of nitrogens with zero attached hydrogens (tertiary/aromatic N) is 1. The Morgan fingerprint density at radius 1 is 1.41 bits per heavy atom. The number of carbonyl (C=O) groups excluding carboxylic acids is 2. The molecular formula is C16H19N3O2S. The summed E-state index contributed by atoms with van der Waals surface area (Å²) in [5, 5.41) is 4.08. The van der Waals surface area contributed by atoms with Crippen molar-refractivity contribution >= 4 is 34.5 Å². The third-order valence-electron chi connectivity index (χ3n) is 4.02. The van der Waals surface area contributed by atoms with Gasteiger partial charge in [-0.2, -0.15) is 0 Å². The number of nitrogens with one attached hydrogen (secondary N) is 2. The van der Waals surface area contributed by atoms with Crippen molar-refractivity contribution in [3.63, 3.8) is 0 Å². The molecule has 0 unspecified atom stereocenters. The van der Waals surface area contributed by atoms with Gasteiger partial charge >= 0.3 is 0 Å². The third-order valence-corrected chi connectivity index (χ3v) is 4.97. The fraction of sp³-hybridized carbons (Fsp3) is 0.375. The largest absolute Gasteiger partial charge is 0.358 e. The quantitative estimate of drug-likeness (QED) is 0.905. The van der Waals surface area contributed by atoms with Gasteiger partial charge in [-0.05, 0) is 37.1 Å². The molecule has 1 fully saturated rings. The molecule has 1 aliphatic heterocycles. The van der Waals surface area contributed by atoms with Crippen LogP contribution in [0.4, 0.5) is 0 Å². The molecule has 22 heavy (non-hydrogen) atoms. The van der Waals surface area contributed by atoms with Gasteiger partial charge in [0.1, 0.15) is 6.54 Å². The molecule has 0 bridgehead atoms. The molecule has 1 saturated heterocycles. The number of hydrogen-bond acceptors (Lipinski definition) is 3. The number of benzene rings is 1. The fourth-order valence-electron chi connectivity index (χ4n) is 2.59. The van der Waals surface area contributed by atoms with E-state index < -0.39 is 0 Å². The highest BCUT2D eigenvalue weighted by atomic mass is 32.2. The maximum Gasteiger partial charge on any atom is 0.239 e. The Balaban J connectivity index is 1.62. The molecular weight excluding hydrogens is 298 g/mol. The number of amides is 2. The van der Waals surface area contributed by atoms with Gasteiger partial charge in [-0.3, -0.25) is 9.59 Å². The molecule has 3 rings (SSSR count). The number of hydrogen-bond donors (Lipinski definition) is 2. The van der Waals surface area contributed by atoms with E-state index in [-0.39, 0.29) is 18.4 Å². The van der Waals surface area contributed by atoms with Gasteiger partial charge in [-0.25, -0.2) is 0 Å². The number of aromatic amines is 1. The van der Waals surface area contributed by atoms with Crippen LogP contribution in [-0.2, 0) is 16.1 Å². The summed E-state index contributed by atoms with van der Waals surface area (Å²) in [5.74, 6) is 1.02. The Morgan fingerprint density at radius 3 is 2.95 bits per heavy atom. The van der Waals surface area contributed by atoms with Gasteiger partial charge in [0.15, 0.2) is 0 Å². The van der Waals surface area contributed by atoms with E-state index in [0.717, 1.165) is 11.1 Å². The van der Waals surface area contributed by atoms with E-state index in [2.05, 4.69) is 30.2 Å². The average Bonchev–Trinajstić information content (AvgIpc) is 3.02. The molecule has 0 radical (unpaired) electrons. The lowest BCUT2D eigenvalue weighted by Gasteiger charge is -2.14. The molecule has 1 aliphatic rings. The molecule has 0 atom stereocenters. The number of fused-ring (bicyclic) bond motifs is 1. The van der Waals surface area contributed by atoms with E-state index in [1.165, 1.54) is 16.6 Å². The first-order valence-electron chi connectivity index (χ1n) is 7.24. The summed E-state index contributed by atoms with van der Waals surface area (Å²) in [6.45, 7) is 4.78. The summed E-state index contributed by atoms with van der Waals surface area (Å²) in [6.07, 6.45) is 0. The second kappa shape index (κ2) is 6.04. The predicted molar refractivity (Wildman–Crippen MR) is 88.7 cm³/mol. The van der Waals surface area contributed by atoms with Crippen LogP contribution in [0.3, 0.4) is 0 Å². The van der Waals surface area contributed by atoms with E-state index in [4.69, 9.17) is 0 Å². The average molecular weight is 317 g/mol. The number of rotatable bonds is 4. The molecule has 116 valence electrons. The Hall–Kier alpha value is -1.95. The van der Waals surface area contributed by atoms with Crippen LogP contribution in [0, 0.1) is 13.8 Å². The maximum atomic E-state index is 11.9. The molecule has 6 heteroatoms. The van der Waals surface area contributed by atoms with Gasteiger partial charge in [-0.1, -0.05) is 6.07 Å². The van der Waals surface area contributed by atoms with Gasteiger partial charge in [0.05, 0.1) is 11.6 Å². The smallest absolute Gasteiger partial charge is 0.239 e. The van der Waals surface area contributed by atoms with E-state index in [1.807, 2.05) is 12.1 Å². The van der Waals surface area contributed by atoms with Crippen LogP contribution >= 0.6 is 11.8 Å². The first kappa shape index (κ1) is 15.0. The first-order chi connectivity index (χ1) is 10.5. The fourth-order valence-corrected chi connectivity index (χ4v) is 3.49. The lowest BCUT2D eigenvalue weighted by molar-refractivity contribution is -0.132. The van der Waals surface area contributed by atoms with E-state index >= 15 is 0 Å². The van der Waals surface area contributed by atoms with Crippen LogP contribution in [0.25, 0.3) is 10.9 Å². The summed E-state index contributed by atoms with van der Waals surface area (Å²) in [4.78, 5) is 28.3. The van der Waals surface area contributed by atoms with Crippen LogP contribution in [-0.4, -0.2) is 39.9 Å². The van der Waals surface area contributed by atoms with Crippen molar-refractivity contribution in [2.24, 2.45) is 0 Å². The Labute approximate surface area is 133 Å². The molecule has 2 N–H and O–H groups in total. The lowest BCUT2D eigenvalue weighted by Crippen LogP contribution is -2.37. The van der Waals surface area contributed by atoms with Crippen LogP contribution in [0.5, 0.6) is 0 Å². The summed E-state index contributed by atoms with van der Waals surface area (Å²) < 4.78 is 0.